The molecule has 2 aromatic heterocycles. The van der Waals surface area contributed by atoms with E-state index in [0.29, 0.717) is 17.1 Å². The number of fused-ring (bicyclic) bond motifs is 1. The zero-order valence-electron chi connectivity index (χ0n) is 22.6. The Hall–Kier alpha value is -3.92. The van der Waals surface area contributed by atoms with Crippen molar-refractivity contribution in [1.82, 2.24) is 30.1 Å². The van der Waals surface area contributed by atoms with E-state index >= 15 is 0 Å². The highest BCUT2D eigenvalue weighted by Crippen LogP contribution is 2.34. The highest BCUT2D eigenvalue weighted by molar-refractivity contribution is 5.80. The number of pyridine rings is 1. The maximum Gasteiger partial charge on any atom is 0.253 e. The normalized spacial score (nSPS) is 15.6. The van der Waals surface area contributed by atoms with Crippen LogP contribution in [0.5, 0.6) is 11.5 Å². The molecule has 200 valence electrons. The highest BCUT2D eigenvalue weighted by Gasteiger charge is 2.36. The fourth-order valence-electron chi connectivity index (χ4n) is 5.08. The first-order chi connectivity index (χ1) is 18.4. The van der Waals surface area contributed by atoms with Crippen LogP contribution < -0.4 is 19.9 Å². The molecule has 1 atom stereocenters. The number of rotatable bonds is 8. The van der Waals surface area contributed by atoms with Crippen LogP contribution in [0.3, 0.4) is 0 Å². The van der Waals surface area contributed by atoms with Crippen molar-refractivity contribution in [1.29, 1.82) is 0 Å². The predicted octanol–water partition coefficient (Wildman–Crippen LogP) is 3.59. The van der Waals surface area contributed by atoms with Crippen molar-refractivity contribution in [3.63, 3.8) is 0 Å². The molecule has 1 aliphatic rings. The summed E-state index contributed by atoms with van der Waals surface area (Å²) >= 11 is 0. The van der Waals surface area contributed by atoms with Crippen LogP contribution in [0, 0.1) is 0 Å². The van der Waals surface area contributed by atoms with Crippen LogP contribution in [0.25, 0.3) is 10.9 Å². The minimum atomic E-state index is -0.411. The molecular formula is C28H35N7O3. The Morgan fingerprint density at radius 3 is 2.50 bits per heavy atom. The molecule has 1 fully saturated rings. The lowest BCUT2D eigenvalue weighted by molar-refractivity contribution is 0.186. The number of nitrogens with zero attached hydrogens (tertiary/aromatic N) is 6. The third kappa shape index (κ3) is 4.71. The van der Waals surface area contributed by atoms with Gasteiger partial charge in [0.05, 0.1) is 31.0 Å². The average molecular weight is 518 g/mol. The third-order valence-electron chi connectivity index (χ3n) is 7.66. The zero-order chi connectivity index (χ0) is 26.9. The molecule has 3 heterocycles. The van der Waals surface area contributed by atoms with Crippen molar-refractivity contribution in [3.8, 4) is 11.5 Å². The Morgan fingerprint density at radius 1 is 1.03 bits per heavy atom. The summed E-state index contributed by atoms with van der Waals surface area (Å²) in [6, 6.07) is 15.3. The molecule has 10 nitrogen and oxygen atoms in total. The van der Waals surface area contributed by atoms with Crippen molar-refractivity contribution in [2.75, 3.05) is 45.3 Å². The number of H-pyrrole nitrogens is 1. The van der Waals surface area contributed by atoms with Gasteiger partial charge in [0.2, 0.25) is 0 Å². The van der Waals surface area contributed by atoms with Crippen molar-refractivity contribution >= 4 is 16.6 Å². The lowest BCUT2D eigenvalue weighted by Gasteiger charge is -2.40. The van der Waals surface area contributed by atoms with E-state index in [1.54, 1.807) is 14.2 Å². The summed E-state index contributed by atoms with van der Waals surface area (Å²) in [4.78, 5) is 21.3. The summed E-state index contributed by atoms with van der Waals surface area (Å²) in [5, 5.41) is 13.8. The zero-order valence-corrected chi connectivity index (χ0v) is 22.6. The molecule has 38 heavy (non-hydrogen) atoms. The van der Waals surface area contributed by atoms with Gasteiger partial charge in [-0.05, 0) is 66.4 Å². The van der Waals surface area contributed by atoms with Crippen LogP contribution in [0.1, 0.15) is 44.6 Å². The van der Waals surface area contributed by atoms with Gasteiger partial charge in [0.15, 0.2) is 5.82 Å². The molecule has 0 bridgehead atoms. The van der Waals surface area contributed by atoms with Crippen molar-refractivity contribution in [2.45, 2.75) is 38.8 Å². The number of ether oxygens (including phenoxy) is 2. The molecule has 0 radical (unpaired) electrons. The summed E-state index contributed by atoms with van der Waals surface area (Å²) in [6.07, 6.45) is 0.840. The first-order valence-electron chi connectivity index (χ1n) is 13.0. The van der Waals surface area contributed by atoms with E-state index in [2.05, 4.69) is 57.1 Å². The van der Waals surface area contributed by atoms with Gasteiger partial charge in [0.1, 0.15) is 17.5 Å². The number of hydrogen-bond donors (Lipinski definition) is 1. The lowest BCUT2D eigenvalue weighted by atomic mass is 9.98. The van der Waals surface area contributed by atoms with Crippen molar-refractivity contribution < 1.29 is 9.47 Å². The molecule has 10 heteroatoms. The minimum Gasteiger partial charge on any atom is -0.497 e. The minimum absolute atomic E-state index is 0.160. The molecule has 4 aromatic rings. The smallest absolute Gasteiger partial charge is 0.253 e. The van der Waals surface area contributed by atoms with Gasteiger partial charge in [-0.15, -0.1) is 5.10 Å². The molecule has 5 rings (SSSR count). The summed E-state index contributed by atoms with van der Waals surface area (Å²) in [7, 11) is 3.31. The predicted molar refractivity (Wildman–Crippen MR) is 147 cm³/mol. The third-order valence-corrected chi connectivity index (χ3v) is 7.66. The molecule has 1 aliphatic heterocycles. The molecule has 1 N–H and O–H groups in total. The quantitative estimate of drug-likeness (QED) is 0.378. The van der Waals surface area contributed by atoms with Crippen molar-refractivity contribution in [2.24, 2.45) is 0 Å². The fourth-order valence-corrected chi connectivity index (χ4v) is 5.08. The van der Waals surface area contributed by atoms with Crippen molar-refractivity contribution in [3.05, 3.63) is 70.3 Å². The summed E-state index contributed by atoms with van der Waals surface area (Å²) in [6.45, 7) is 9.34. The van der Waals surface area contributed by atoms with Gasteiger partial charge in [0.25, 0.3) is 5.56 Å². The Labute approximate surface area is 222 Å². The SMILES string of the molecule is CCC(C)(C)n1nnnc1C(c1cc2ccc(OC)cc2[nH]c1=O)N1CCN(c2ccccc2OC)CC1. The van der Waals surface area contributed by atoms with E-state index in [0.717, 1.165) is 54.9 Å². The molecule has 1 unspecified atom stereocenters. The molecule has 2 aromatic carbocycles. The van der Waals surface area contributed by atoms with E-state index in [9.17, 15) is 4.79 Å². The molecule has 0 spiro atoms. The largest absolute Gasteiger partial charge is 0.497 e. The number of benzene rings is 2. The average Bonchev–Trinajstić information content (AvgIpc) is 3.44. The number of aromatic amines is 1. The molecule has 0 aliphatic carbocycles. The van der Waals surface area contributed by atoms with Gasteiger partial charge in [-0.3, -0.25) is 9.69 Å². The number of hydrogen-bond acceptors (Lipinski definition) is 8. The monoisotopic (exact) mass is 517 g/mol. The number of para-hydroxylation sites is 2. The van der Waals surface area contributed by atoms with Gasteiger partial charge in [-0.2, -0.15) is 0 Å². The van der Waals surface area contributed by atoms with Crippen LogP contribution in [-0.4, -0.2) is 70.5 Å². The standard InChI is InChI=1S/C28H35N7O3/c1-6-28(2,3)35-26(30-31-32-35)25(21-17-19-11-12-20(37-4)18-22(19)29-27(21)36)34-15-13-33(14-16-34)23-9-7-8-10-24(23)38-5/h7-12,17-18,25H,6,13-16H2,1-5H3,(H,29,36). The van der Waals surface area contributed by atoms with Gasteiger partial charge in [0, 0.05) is 37.8 Å². The summed E-state index contributed by atoms with van der Waals surface area (Å²) in [5.41, 5.74) is 1.95. The second-order valence-corrected chi connectivity index (χ2v) is 10.2. The fraction of sp³-hybridized carbons (Fsp3) is 0.429. The molecular weight excluding hydrogens is 482 g/mol. The topological polar surface area (TPSA) is 101 Å². The first-order valence-corrected chi connectivity index (χ1v) is 13.0. The number of methoxy groups -OCH3 is 2. The Kier molecular flexibility index (Phi) is 7.07. The maximum atomic E-state index is 13.6. The lowest BCUT2D eigenvalue weighted by Crippen LogP contribution is -2.49. The van der Waals surface area contributed by atoms with E-state index in [1.807, 2.05) is 47.1 Å². The van der Waals surface area contributed by atoms with E-state index < -0.39 is 6.04 Å². The Morgan fingerprint density at radius 2 is 1.79 bits per heavy atom. The van der Waals surface area contributed by atoms with Crippen LogP contribution in [0.4, 0.5) is 5.69 Å². The molecule has 0 saturated carbocycles. The van der Waals surface area contributed by atoms with Gasteiger partial charge < -0.3 is 19.4 Å². The molecule has 0 amide bonds. The first kappa shape index (κ1) is 25.7. The number of aromatic nitrogens is 5. The van der Waals surface area contributed by atoms with Crippen LogP contribution in [0.2, 0.25) is 0 Å². The number of nitrogens with one attached hydrogen (secondary N) is 1. The number of anilines is 1. The second-order valence-electron chi connectivity index (χ2n) is 10.2. The number of tetrazole rings is 1. The van der Waals surface area contributed by atoms with Crippen LogP contribution in [0.15, 0.2) is 53.3 Å². The maximum absolute atomic E-state index is 13.6. The van der Waals surface area contributed by atoms with Gasteiger partial charge in [-0.1, -0.05) is 19.1 Å². The summed E-state index contributed by atoms with van der Waals surface area (Å²) < 4.78 is 12.8. The Balaban J connectivity index is 1.56. The van der Waals surface area contributed by atoms with Crippen LogP contribution in [-0.2, 0) is 5.54 Å². The number of piperazine rings is 1. The van der Waals surface area contributed by atoms with Gasteiger partial charge in [-0.25, -0.2) is 4.68 Å². The second kappa shape index (κ2) is 10.4. The van der Waals surface area contributed by atoms with Crippen LogP contribution >= 0.6 is 0 Å². The summed E-state index contributed by atoms with van der Waals surface area (Å²) in [5.74, 6) is 2.21. The Bertz CT molecular complexity index is 1470. The molecule has 1 saturated heterocycles. The van der Waals surface area contributed by atoms with E-state index in [4.69, 9.17) is 9.47 Å². The highest BCUT2D eigenvalue weighted by atomic mass is 16.5. The van der Waals surface area contributed by atoms with E-state index in [-0.39, 0.29) is 11.1 Å². The van der Waals surface area contributed by atoms with Gasteiger partial charge >= 0.3 is 0 Å². The van der Waals surface area contributed by atoms with E-state index in [1.165, 1.54) is 0 Å².